The van der Waals surface area contributed by atoms with Crippen LogP contribution in [0.1, 0.15) is 20.3 Å². The van der Waals surface area contributed by atoms with E-state index in [0.29, 0.717) is 13.0 Å². The Balaban J connectivity index is 2.21. The van der Waals surface area contributed by atoms with Gasteiger partial charge in [-0.1, -0.05) is 26.0 Å². The van der Waals surface area contributed by atoms with Gasteiger partial charge in [0.25, 0.3) is 5.92 Å². The molecule has 2 aliphatic rings. The number of carbonyl (C=O) groups excluding carboxylic acids is 1. The van der Waals surface area contributed by atoms with E-state index < -0.39 is 30.2 Å². The Morgan fingerprint density at radius 3 is 2.89 bits per heavy atom. The first-order valence-electron chi connectivity index (χ1n) is 6.21. The lowest BCUT2D eigenvalue weighted by molar-refractivity contribution is -0.139. The van der Waals surface area contributed by atoms with Crippen LogP contribution >= 0.6 is 0 Å². The molecule has 102 valence electrons. The number of hydrogen-bond donors (Lipinski definition) is 1. The second kappa shape index (κ2) is 4.84. The molecule has 2 amide bonds. The Labute approximate surface area is 105 Å². The number of nitrogens with zero attached hydrogens (tertiary/aromatic N) is 1. The zero-order chi connectivity index (χ0) is 13.3. The van der Waals surface area contributed by atoms with Gasteiger partial charge in [0.05, 0.1) is 12.0 Å². The molecular weight excluding hydrogens is 242 g/mol. The van der Waals surface area contributed by atoms with Gasteiger partial charge in [0, 0.05) is 13.1 Å². The fourth-order valence-corrected chi connectivity index (χ4v) is 2.38. The van der Waals surface area contributed by atoms with E-state index in [1.807, 2.05) is 6.92 Å². The maximum atomic E-state index is 14.2. The molecule has 0 aliphatic carbocycles. The summed E-state index contributed by atoms with van der Waals surface area (Å²) in [5.74, 6) is -3.90. The number of nitrogens with one attached hydrogen (secondary N) is 1. The van der Waals surface area contributed by atoms with Gasteiger partial charge in [-0.2, -0.15) is 0 Å². The van der Waals surface area contributed by atoms with Gasteiger partial charge in [0.1, 0.15) is 0 Å². The largest absolute Gasteiger partial charge is 0.348 e. The molecule has 6 heteroatoms. The third-order valence-corrected chi connectivity index (χ3v) is 3.58. The Bertz CT molecular complexity index is 360. The number of ether oxygens (including phenoxy) is 1. The molecule has 0 aromatic rings. The van der Waals surface area contributed by atoms with Crippen molar-refractivity contribution in [3.05, 3.63) is 12.2 Å². The second-order valence-corrected chi connectivity index (χ2v) is 4.71. The molecule has 1 fully saturated rings. The molecule has 0 saturated carbocycles. The average molecular weight is 260 g/mol. The third kappa shape index (κ3) is 2.09. The average Bonchev–Trinajstić information content (AvgIpc) is 2.49. The summed E-state index contributed by atoms with van der Waals surface area (Å²) in [6.45, 7) is 3.79. The van der Waals surface area contributed by atoms with Crippen molar-refractivity contribution in [1.29, 1.82) is 0 Å². The van der Waals surface area contributed by atoms with E-state index >= 15 is 0 Å². The predicted molar refractivity (Wildman–Crippen MR) is 62.3 cm³/mol. The number of urea groups is 1. The number of alkyl halides is 2. The summed E-state index contributed by atoms with van der Waals surface area (Å²) >= 11 is 0. The Morgan fingerprint density at radius 1 is 1.56 bits per heavy atom. The molecule has 1 saturated heterocycles. The molecule has 0 radical (unpaired) electrons. The van der Waals surface area contributed by atoms with Crippen molar-refractivity contribution in [2.45, 2.75) is 38.5 Å². The van der Waals surface area contributed by atoms with Crippen molar-refractivity contribution in [1.82, 2.24) is 10.2 Å². The summed E-state index contributed by atoms with van der Waals surface area (Å²) in [4.78, 5) is 12.8. The van der Waals surface area contributed by atoms with E-state index in [4.69, 9.17) is 4.74 Å². The zero-order valence-electron chi connectivity index (χ0n) is 10.5. The molecule has 0 spiro atoms. The van der Waals surface area contributed by atoms with Crippen LogP contribution in [-0.2, 0) is 4.74 Å². The van der Waals surface area contributed by atoms with Gasteiger partial charge in [0.2, 0.25) is 0 Å². The van der Waals surface area contributed by atoms with Crippen molar-refractivity contribution in [3.63, 3.8) is 0 Å². The van der Waals surface area contributed by atoms with E-state index in [-0.39, 0.29) is 6.54 Å². The molecular formula is C12H18F2N2O2. The van der Waals surface area contributed by atoms with Gasteiger partial charge in [-0.3, -0.25) is 4.90 Å². The highest BCUT2D eigenvalue weighted by molar-refractivity contribution is 5.75. The molecule has 2 heterocycles. The Kier molecular flexibility index (Phi) is 3.56. The molecule has 0 bridgehead atoms. The monoisotopic (exact) mass is 260 g/mol. The second-order valence-electron chi connectivity index (χ2n) is 4.71. The molecule has 2 rings (SSSR count). The topological polar surface area (TPSA) is 41.6 Å². The van der Waals surface area contributed by atoms with Crippen LogP contribution in [0.2, 0.25) is 0 Å². The van der Waals surface area contributed by atoms with Gasteiger partial charge >= 0.3 is 6.03 Å². The quantitative estimate of drug-likeness (QED) is 0.771. The van der Waals surface area contributed by atoms with Gasteiger partial charge < -0.3 is 10.1 Å². The molecule has 18 heavy (non-hydrogen) atoms. The van der Waals surface area contributed by atoms with E-state index in [9.17, 15) is 13.6 Å². The fourth-order valence-electron chi connectivity index (χ4n) is 2.38. The normalized spacial score (nSPS) is 35.4. The summed E-state index contributed by atoms with van der Waals surface area (Å²) in [7, 11) is 0. The number of amides is 2. The molecule has 1 unspecified atom stereocenters. The summed E-state index contributed by atoms with van der Waals surface area (Å²) in [5, 5.41) is 2.54. The minimum atomic E-state index is -3.02. The standard InChI is InChI=1S/C12H18F2N2O2/c1-3-9-8(2)12(13,14)10(18-9)16-7-5-4-6-15-11(16)17/h4-5,8-10H,3,6-7H2,1-2H3,(H,15,17)/t8-,9-,10?/m1/s1. The van der Waals surface area contributed by atoms with E-state index in [0.717, 1.165) is 4.90 Å². The third-order valence-electron chi connectivity index (χ3n) is 3.58. The lowest BCUT2D eigenvalue weighted by Gasteiger charge is -2.30. The van der Waals surface area contributed by atoms with Crippen LogP contribution < -0.4 is 5.32 Å². The van der Waals surface area contributed by atoms with E-state index in [2.05, 4.69) is 5.32 Å². The predicted octanol–water partition coefficient (Wildman–Crippen LogP) is 1.97. The number of rotatable bonds is 2. The lowest BCUT2D eigenvalue weighted by atomic mass is 9.97. The molecule has 1 N–H and O–H groups in total. The van der Waals surface area contributed by atoms with Gasteiger partial charge in [-0.15, -0.1) is 0 Å². The highest BCUT2D eigenvalue weighted by atomic mass is 19.3. The minimum absolute atomic E-state index is 0.148. The number of hydrogen-bond acceptors (Lipinski definition) is 2. The smallest absolute Gasteiger partial charge is 0.320 e. The van der Waals surface area contributed by atoms with Crippen LogP contribution in [0.4, 0.5) is 13.6 Å². The minimum Gasteiger partial charge on any atom is -0.348 e. The summed E-state index contributed by atoms with van der Waals surface area (Å²) in [5.41, 5.74) is 0. The molecule has 0 aromatic carbocycles. The van der Waals surface area contributed by atoms with Crippen molar-refractivity contribution in [3.8, 4) is 0 Å². The van der Waals surface area contributed by atoms with Crippen molar-refractivity contribution < 1.29 is 18.3 Å². The summed E-state index contributed by atoms with van der Waals surface area (Å²) in [6, 6.07) is -0.506. The fraction of sp³-hybridized carbons (Fsp3) is 0.750. The van der Waals surface area contributed by atoms with Crippen LogP contribution in [0.5, 0.6) is 0 Å². The molecule has 2 aliphatic heterocycles. The summed E-state index contributed by atoms with van der Waals surface area (Å²) < 4.78 is 33.7. The van der Waals surface area contributed by atoms with Crippen LogP contribution in [0.25, 0.3) is 0 Å². The molecule has 0 aromatic heterocycles. The Morgan fingerprint density at radius 2 is 2.28 bits per heavy atom. The number of carbonyl (C=O) groups is 1. The van der Waals surface area contributed by atoms with Crippen molar-refractivity contribution in [2.24, 2.45) is 5.92 Å². The van der Waals surface area contributed by atoms with Crippen LogP contribution in [0.15, 0.2) is 12.2 Å². The van der Waals surface area contributed by atoms with Crippen LogP contribution in [0.3, 0.4) is 0 Å². The first kappa shape index (κ1) is 13.3. The van der Waals surface area contributed by atoms with Gasteiger partial charge in [-0.25, -0.2) is 13.6 Å². The SMILES string of the molecule is CC[C@H]1OC(N2CC=CCNC2=O)C(F)(F)[C@@H]1C. The highest BCUT2D eigenvalue weighted by Gasteiger charge is 2.58. The Hall–Kier alpha value is -1.17. The van der Waals surface area contributed by atoms with Crippen molar-refractivity contribution >= 4 is 6.03 Å². The highest BCUT2D eigenvalue weighted by Crippen LogP contribution is 2.43. The lowest BCUT2D eigenvalue weighted by Crippen LogP contribution is -2.52. The number of halogens is 2. The maximum Gasteiger partial charge on any atom is 0.320 e. The zero-order valence-corrected chi connectivity index (χ0v) is 10.5. The maximum absolute atomic E-state index is 14.2. The van der Waals surface area contributed by atoms with Gasteiger partial charge in [-0.05, 0) is 6.42 Å². The molecule has 4 nitrogen and oxygen atoms in total. The van der Waals surface area contributed by atoms with Crippen molar-refractivity contribution in [2.75, 3.05) is 13.1 Å². The van der Waals surface area contributed by atoms with Gasteiger partial charge in [0.15, 0.2) is 6.23 Å². The first-order chi connectivity index (χ1) is 8.48. The summed E-state index contributed by atoms with van der Waals surface area (Å²) in [6.07, 6.45) is 1.97. The van der Waals surface area contributed by atoms with Crippen LogP contribution in [-0.4, -0.2) is 42.3 Å². The molecule has 3 atom stereocenters. The first-order valence-corrected chi connectivity index (χ1v) is 6.21. The van der Waals surface area contributed by atoms with Crippen LogP contribution in [0, 0.1) is 5.92 Å². The van der Waals surface area contributed by atoms with E-state index in [1.165, 1.54) is 6.92 Å². The van der Waals surface area contributed by atoms with E-state index in [1.54, 1.807) is 12.2 Å².